The van der Waals surface area contributed by atoms with Gasteiger partial charge in [-0.25, -0.2) is 4.99 Å². The number of ether oxygens (including phenoxy) is 1. The number of allylic oxidation sites excluding steroid dienone is 1. The van der Waals surface area contributed by atoms with Gasteiger partial charge in [-0.15, -0.1) is 0 Å². The van der Waals surface area contributed by atoms with E-state index in [1.54, 1.807) is 7.11 Å². The summed E-state index contributed by atoms with van der Waals surface area (Å²) in [5.41, 5.74) is 8.99. The number of aromatic amines is 2. The van der Waals surface area contributed by atoms with Crippen molar-refractivity contribution in [3.63, 3.8) is 0 Å². The van der Waals surface area contributed by atoms with E-state index in [4.69, 9.17) is 9.73 Å². The number of nitrogens with zero attached hydrogens (tertiary/aromatic N) is 1. The Balaban J connectivity index is 1.98. The maximum atomic E-state index is 5.56. The van der Waals surface area contributed by atoms with Gasteiger partial charge in [0.05, 0.1) is 18.5 Å². The topological polar surface area (TPSA) is 53.2 Å². The first-order valence-corrected chi connectivity index (χ1v) is 8.99. The number of hydrogen-bond acceptors (Lipinski definition) is 2. The number of methoxy groups -OCH3 is 1. The Bertz CT molecular complexity index is 862. The largest absolute Gasteiger partial charge is 0.494 e. The van der Waals surface area contributed by atoms with Crippen LogP contribution in [0.15, 0.2) is 34.7 Å². The second-order valence-corrected chi connectivity index (χ2v) is 6.58. The molecule has 0 atom stereocenters. The van der Waals surface area contributed by atoms with Gasteiger partial charge in [0.1, 0.15) is 11.5 Å². The van der Waals surface area contributed by atoms with Crippen LogP contribution in [0.1, 0.15) is 54.2 Å². The van der Waals surface area contributed by atoms with Crippen LogP contribution in [0.4, 0.5) is 0 Å². The molecule has 25 heavy (non-hydrogen) atoms. The first-order chi connectivity index (χ1) is 12.0. The van der Waals surface area contributed by atoms with Gasteiger partial charge in [-0.1, -0.05) is 20.3 Å². The number of H-pyrrole nitrogens is 2. The van der Waals surface area contributed by atoms with Gasteiger partial charge >= 0.3 is 0 Å². The zero-order chi connectivity index (χ0) is 18.0. The molecule has 2 aromatic rings. The number of rotatable bonds is 6. The van der Waals surface area contributed by atoms with Gasteiger partial charge in [-0.3, -0.25) is 0 Å². The van der Waals surface area contributed by atoms with Gasteiger partial charge in [0, 0.05) is 23.2 Å². The lowest BCUT2D eigenvalue weighted by Crippen LogP contribution is -1.94. The molecule has 0 unspecified atom stereocenters. The van der Waals surface area contributed by atoms with Crippen molar-refractivity contribution in [2.75, 3.05) is 7.11 Å². The van der Waals surface area contributed by atoms with Gasteiger partial charge in [0.2, 0.25) is 0 Å². The molecule has 4 nitrogen and oxygen atoms in total. The molecule has 4 heteroatoms. The van der Waals surface area contributed by atoms with Crippen LogP contribution in [0.5, 0.6) is 0 Å². The minimum Gasteiger partial charge on any atom is -0.494 e. The molecule has 0 spiro atoms. The van der Waals surface area contributed by atoms with Crippen molar-refractivity contribution in [3.05, 3.63) is 63.6 Å². The minimum atomic E-state index is 0.798. The van der Waals surface area contributed by atoms with E-state index in [0.29, 0.717) is 0 Å². The SMILES string of the molecule is CCCc1cc(C2=N/C(=C\c3[nH]c(C)cc3C)C(OC)=C2)[nH]c1CC. The van der Waals surface area contributed by atoms with Crippen LogP contribution >= 0.6 is 0 Å². The predicted molar refractivity (Wildman–Crippen MR) is 104 cm³/mol. The van der Waals surface area contributed by atoms with Gasteiger partial charge in [-0.2, -0.15) is 0 Å². The average Bonchev–Trinajstić information content (AvgIpc) is 3.25. The first-order valence-electron chi connectivity index (χ1n) is 8.99. The second kappa shape index (κ2) is 7.18. The predicted octanol–water partition coefficient (Wildman–Crippen LogP) is 4.85. The summed E-state index contributed by atoms with van der Waals surface area (Å²) in [6.45, 7) is 8.56. The molecule has 0 radical (unpaired) electrons. The van der Waals surface area contributed by atoms with Gasteiger partial charge in [0.25, 0.3) is 0 Å². The number of aryl methyl sites for hydroxylation is 4. The van der Waals surface area contributed by atoms with Crippen LogP contribution in [-0.4, -0.2) is 22.8 Å². The summed E-state index contributed by atoms with van der Waals surface area (Å²) in [5, 5.41) is 0. The Morgan fingerprint density at radius 1 is 1.16 bits per heavy atom. The minimum absolute atomic E-state index is 0.798. The molecule has 3 rings (SSSR count). The lowest BCUT2D eigenvalue weighted by atomic mass is 10.1. The van der Waals surface area contributed by atoms with Crippen LogP contribution in [0, 0.1) is 13.8 Å². The van der Waals surface area contributed by atoms with Crippen LogP contribution in [0.3, 0.4) is 0 Å². The van der Waals surface area contributed by atoms with Crippen LogP contribution in [-0.2, 0) is 17.6 Å². The molecule has 0 saturated heterocycles. The zero-order valence-electron chi connectivity index (χ0n) is 15.8. The summed E-state index contributed by atoms with van der Waals surface area (Å²) >= 11 is 0. The van der Waals surface area contributed by atoms with E-state index in [2.05, 4.69) is 55.9 Å². The van der Waals surface area contributed by atoms with Gasteiger partial charge in [-0.05, 0) is 56.0 Å². The number of aromatic nitrogens is 2. The third kappa shape index (κ3) is 3.48. The normalized spacial score (nSPS) is 15.6. The highest BCUT2D eigenvalue weighted by molar-refractivity contribution is 6.11. The van der Waals surface area contributed by atoms with Crippen molar-refractivity contribution in [1.29, 1.82) is 0 Å². The molecule has 1 aliphatic rings. The highest BCUT2D eigenvalue weighted by Crippen LogP contribution is 2.27. The molecule has 132 valence electrons. The molecule has 0 aliphatic carbocycles. The van der Waals surface area contributed by atoms with Crippen molar-refractivity contribution >= 4 is 11.8 Å². The van der Waals surface area contributed by atoms with E-state index in [-0.39, 0.29) is 0 Å². The smallest absolute Gasteiger partial charge is 0.146 e. The Morgan fingerprint density at radius 3 is 2.56 bits per heavy atom. The average molecular weight is 337 g/mol. The monoisotopic (exact) mass is 337 g/mol. The van der Waals surface area contributed by atoms with Crippen LogP contribution in [0.25, 0.3) is 6.08 Å². The van der Waals surface area contributed by atoms with Crippen molar-refractivity contribution in [2.45, 2.75) is 47.0 Å². The summed E-state index contributed by atoms with van der Waals surface area (Å²) in [7, 11) is 1.69. The maximum absolute atomic E-state index is 5.56. The van der Waals surface area contributed by atoms with Crippen molar-refractivity contribution in [3.8, 4) is 0 Å². The highest BCUT2D eigenvalue weighted by Gasteiger charge is 2.19. The number of nitrogens with one attached hydrogen (secondary N) is 2. The zero-order valence-corrected chi connectivity index (χ0v) is 15.8. The summed E-state index contributed by atoms with van der Waals surface area (Å²) in [5.74, 6) is 0.798. The quantitative estimate of drug-likeness (QED) is 0.778. The third-order valence-electron chi connectivity index (χ3n) is 4.59. The van der Waals surface area contributed by atoms with Crippen molar-refractivity contribution in [2.24, 2.45) is 4.99 Å². The van der Waals surface area contributed by atoms with Crippen molar-refractivity contribution in [1.82, 2.24) is 9.97 Å². The molecule has 0 fully saturated rings. The van der Waals surface area contributed by atoms with Gasteiger partial charge in [0.15, 0.2) is 0 Å². The molecule has 0 aromatic carbocycles. The molecule has 2 N–H and O–H groups in total. The molecular formula is C21H27N3O. The van der Waals surface area contributed by atoms with Crippen LogP contribution < -0.4 is 0 Å². The van der Waals surface area contributed by atoms with E-state index >= 15 is 0 Å². The Morgan fingerprint density at radius 2 is 1.96 bits per heavy atom. The molecule has 1 aliphatic heterocycles. The molecule has 2 aromatic heterocycles. The standard InChI is InChI=1S/C21H27N3O/c1-6-8-15-10-18(23-16(15)7-2)19-12-21(25-5)20(24-19)11-17-13(3)9-14(4)22-17/h9-12,22-23H,6-8H2,1-5H3/b20-11-. The van der Waals surface area contributed by atoms with E-state index in [1.165, 1.54) is 16.8 Å². The maximum Gasteiger partial charge on any atom is 0.146 e. The third-order valence-corrected chi connectivity index (χ3v) is 4.59. The molecule has 0 amide bonds. The highest BCUT2D eigenvalue weighted by atomic mass is 16.5. The van der Waals surface area contributed by atoms with Crippen LogP contribution in [0.2, 0.25) is 0 Å². The van der Waals surface area contributed by atoms with Crippen molar-refractivity contribution < 1.29 is 4.74 Å². The number of hydrogen-bond donors (Lipinski definition) is 2. The van der Waals surface area contributed by atoms with E-state index in [0.717, 1.165) is 53.5 Å². The van der Waals surface area contributed by atoms with E-state index in [1.807, 2.05) is 6.08 Å². The molecule has 0 bridgehead atoms. The lowest BCUT2D eigenvalue weighted by molar-refractivity contribution is 0.303. The summed E-state index contributed by atoms with van der Waals surface area (Å²) in [6, 6.07) is 4.37. The number of aliphatic imine (C=N–C) groups is 1. The summed E-state index contributed by atoms with van der Waals surface area (Å²) in [4.78, 5) is 11.7. The van der Waals surface area contributed by atoms with E-state index in [9.17, 15) is 0 Å². The Labute approximate surface area is 149 Å². The molecule has 3 heterocycles. The second-order valence-electron chi connectivity index (χ2n) is 6.58. The van der Waals surface area contributed by atoms with Gasteiger partial charge < -0.3 is 14.7 Å². The summed E-state index contributed by atoms with van der Waals surface area (Å²) < 4.78 is 5.56. The van der Waals surface area contributed by atoms with E-state index < -0.39 is 0 Å². The fourth-order valence-corrected chi connectivity index (χ4v) is 3.34. The fourth-order valence-electron chi connectivity index (χ4n) is 3.34. The Kier molecular flexibility index (Phi) is 4.98. The molecular weight excluding hydrogens is 310 g/mol. The Hall–Kier alpha value is -2.49. The molecule has 0 saturated carbocycles. The lowest BCUT2D eigenvalue weighted by Gasteiger charge is -2.01. The fraction of sp³-hybridized carbons (Fsp3) is 0.381. The summed E-state index contributed by atoms with van der Waals surface area (Å²) in [6.07, 6.45) is 7.32. The first kappa shape index (κ1) is 17.3.